The molecule has 0 bridgehead atoms. The standard InChI is InChI=1S/C8H13N5/c9-8-11-6-4-2-1-3-5(6)7(12-8)13-10/h1-4,10H2,(H3,9,11,12,13). The normalized spacial score (nSPS) is 15.2. The van der Waals surface area contributed by atoms with Crippen LogP contribution in [0.3, 0.4) is 0 Å². The van der Waals surface area contributed by atoms with Gasteiger partial charge in [-0.1, -0.05) is 0 Å². The number of rotatable bonds is 1. The fraction of sp³-hybridized carbons (Fsp3) is 0.500. The third-order valence-electron chi connectivity index (χ3n) is 2.34. The van der Waals surface area contributed by atoms with Gasteiger partial charge in [-0.05, 0) is 25.7 Å². The number of anilines is 2. The van der Waals surface area contributed by atoms with Crippen molar-refractivity contribution in [2.45, 2.75) is 25.7 Å². The van der Waals surface area contributed by atoms with Crippen LogP contribution < -0.4 is 17.0 Å². The first-order chi connectivity index (χ1) is 6.31. The van der Waals surface area contributed by atoms with E-state index < -0.39 is 0 Å². The van der Waals surface area contributed by atoms with E-state index in [1.54, 1.807) is 0 Å². The fourth-order valence-electron chi connectivity index (χ4n) is 1.73. The predicted molar refractivity (Wildman–Crippen MR) is 50.9 cm³/mol. The summed E-state index contributed by atoms with van der Waals surface area (Å²) in [5.41, 5.74) is 10.3. The van der Waals surface area contributed by atoms with Gasteiger partial charge < -0.3 is 11.2 Å². The van der Waals surface area contributed by atoms with Crippen molar-refractivity contribution in [3.8, 4) is 0 Å². The van der Waals surface area contributed by atoms with Crippen LogP contribution in [0.5, 0.6) is 0 Å². The minimum Gasteiger partial charge on any atom is -0.368 e. The van der Waals surface area contributed by atoms with Crippen LogP contribution >= 0.6 is 0 Å². The van der Waals surface area contributed by atoms with Crippen LogP contribution in [-0.4, -0.2) is 9.97 Å². The van der Waals surface area contributed by atoms with Crippen LogP contribution in [0.15, 0.2) is 0 Å². The molecule has 0 fully saturated rings. The van der Waals surface area contributed by atoms with Gasteiger partial charge in [0.15, 0.2) is 0 Å². The highest BCUT2D eigenvalue weighted by Gasteiger charge is 2.15. The summed E-state index contributed by atoms with van der Waals surface area (Å²) in [5, 5.41) is 0. The van der Waals surface area contributed by atoms with E-state index in [9.17, 15) is 0 Å². The lowest BCUT2D eigenvalue weighted by atomic mass is 9.96. The number of nitrogen functional groups attached to an aromatic ring is 2. The minimum absolute atomic E-state index is 0.300. The van der Waals surface area contributed by atoms with Crippen molar-refractivity contribution in [2.24, 2.45) is 5.84 Å². The number of hydrogen-bond donors (Lipinski definition) is 3. The molecule has 5 heteroatoms. The van der Waals surface area contributed by atoms with E-state index in [0.29, 0.717) is 11.8 Å². The number of nitrogens with one attached hydrogen (secondary N) is 1. The Morgan fingerprint density at radius 3 is 2.69 bits per heavy atom. The van der Waals surface area contributed by atoms with Crippen LogP contribution in [0.25, 0.3) is 0 Å². The van der Waals surface area contributed by atoms with Crippen LogP contribution in [0.4, 0.5) is 11.8 Å². The van der Waals surface area contributed by atoms with Crippen molar-refractivity contribution in [3.63, 3.8) is 0 Å². The van der Waals surface area contributed by atoms with Gasteiger partial charge >= 0.3 is 0 Å². The molecule has 5 nitrogen and oxygen atoms in total. The number of nitrogens with zero attached hydrogens (tertiary/aromatic N) is 2. The van der Waals surface area contributed by atoms with Crippen molar-refractivity contribution in [2.75, 3.05) is 11.2 Å². The molecule has 1 aromatic rings. The van der Waals surface area contributed by atoms with E-state index in [1.165, 1.54) is 12.8 Å². The molecule has 1 heterocycles. The number of hydrazine groups is 1. The topological polar surface area (TPSA) is 89.8 Å². The molecule has 0 saturated heterocycles. The number of nitrogens with two attached hydrogens (primary N) is 2. The lowest BCUT2D eigenvalue weighted by Crippen LogP contribution is -2.17. The van der Waals surface area contributed by atoms with Crippen LogP contribution in [0.1, 0.15) is 24.1 Å². The molecule has 70 valence electrons. The fourth-order valence-corrected chi connectivity index (χ4v) is 1.73. The lowest BCUT2D eigenvalue weighted by molar-refractivity contribution is 0.665. The number of fused-ring (bicyclic) bond motifs is 1. The maximum atomic E-state index is 5.54. The van der Waals surface area contributed by atoms with Gasteiger partial charge in [0.25, 0.3) is 0 Å². The maximum absolute atomic E-state index is 5.54. The molecule has 13 heavy (non-hydrogen) atoms. The molecule has 1 aromatic heterocycles. The van der Waals surface area contributed by atoms with E-state index in [1.807, 2.05) is 0 Å². The van der Waals surface area contributed by atoms with Crippen LogP contribution in [0, 0.1) is 0 Å². The Bertz CT molecular complexity index is 305. The van der Waals surface area contributed by atoms with Gasteiger partial charge in [0.2, 0.25) is 5.95 Å². The van der Waals surface area contributed by atoms with Gasteiger partial charge in [0, 0.05) is 5.56 Å². The SMILES string of the molecule is NNc1nc(N)nc2c1CCCC2. The molecule has 2 rings (SSSR count). The highest BCUT2D eigenvalue weighted by Crippen LogP contribution is 2.25. The first-order valence-electron chi connectivity index (χ1n) is 4.43. The van der Waals surface area contributed by atoms with Gasteiger partial charge in [-0.2, -0.15) is 4.98 Å². The van der Waals surface area contributed by atoms with Crippen molar-refractivity contribution < 1.29 is 0 Å². The van der Waals surface area contributed by atoms with Crippen molar-refractivity contribution in [1.29, 1.82) is 0 Å². The Morgan fingerprint density at radius 1 is 1.15 bits per heavy atom. The Kier molecular flexibility index (Phi) is 2.02. The number of hydrogen-bond acceptors (Lipinski definition) is 5. The highest BCUT2D eigenvalue weighted by molar-refractivity contribution is 5.49. The van der Waals surface area contributed by atoms with Crippen molar-refractivity contribution in [3.05, 3.63) is 11.3 Å². The van der Waals surface area contributed by atoms with Crippen LogP contribution in [-0.2, 0) is 12.8 Å². The average molecular weight is 179 g/mol. The molecule has 0 spiro atoms. The van der Waals surface area contributed by atoms with Crippen LogP contribution in [0.2, 0.25) is 0 Å². The monoisotopic (exact) mass is 179 g/mol. The molecular weight excluding hydrogens is 166 g/mol. The van der Waals surface area contributed by atoms with Gasteiger partial charge in [0.1, 0.15) is 5.82 Å². The second-order valence-electron chi connectivity index (χ2n) is 3.21. The molecule has 0 saturated carbocycles. The maximum Gasteiger partial charge on any atom is 0.222 e. The quantitative estimate of drug-likeness (QED) is 0.424. The molecule has 0 amide bonds. The van der Waals surface area contributed by atoms with Gasteiger partial charge in [-0.25, -0.2) is 10.8 Å². The molecule has 0 radical (unpaired) electrons. The molecule has 0 atom stereocenters. The summed E-state index contributed by atoms with van der Waals surface area (Å²) in [6, 6.07) is 0. The lowest BCUT2D eigenvalue weighted by Gasteiger charge is -2.17. The van der Waals surface area contributed by atoms with E-state index in [0.717, 1.165) is 24.1 Å². The van der Waals surface area contributed by atoms with E-state index in [2.05, 4.69) is 15.4 Å². The predicted octanol–water partition coefficient (Wildman–Crippen LogP) is 0.223. The Hall–Kier alpha value is -1.36. The summed E-state index contributed by atoms with van der Waals surface area (Å²) in [7, 11) is 0. The summed E-state index contributed by atoms with van der Waals surface area (Å²) in [6.07, 6.45) is 4.33. The first-order valence-corrected chi connectivity index (χ1v) is 4.43. The Labute approximate surface area is 76.5 Å². The zero-order chi connectivity index (χ0) is 9.26. The average Bonchev–Trinajstić information content (AvgIpc) is 2.16. The second-order valence-corrected chi connectivity index (χ2v) is 3.21. The number of aromatic nitrogens is 2. The van der Waals surface area contributed by atoms with Gasteiger partial charge in [-0.3, -0.25) is 0 Å². The summed E-state index contributed by atoms with van der Waals surface area (Å²) in [4.78, 5) is 8.23. The van der Waals surface area contributed by atoms with Gasteiger partial charge in [-0.15, -0.1) is 0 Å². The van der Waals surface area contributed by atoms with Crippen molar-refractivity contribution in [1.82, 2.24) is 9.97 Å². The number of aryl methyl sites for hydroxylation is 1. The summed E-state index contributed by atoms with van der Waals surface area (Å²) >= 11 is 0. The Morgan fingerprint density at radius 2 is 1.92 bits per heavy atom. The zero-order valence-electron chi connectivity index (χ0n) is 7.38. The molecule has 0 aliphatic heterocycles. The van der Waals surface area contributed by atoms with Crippen molar-refractivity contribution >= 4 is 11.8 Å². The third kappa shape index (κ3) is 1.42. The molecule has 0 aromatic carbocycles. The zero-order valence-corrected chi connectivity index (χ0v) is 7.38. The third-order valence-corrected chi connectivity index (χ3v) is 2.34. The summed E-state index contributed by atoms with van der Waals surface area (Å²) in [5.74, 6) is 6.33. The molecule has 1 aliphatic carbocycles. The van der Waals surface area contributed by atoms with E-state index in [-0.39, 0.29) is 0 Å². The largest absolute Gasteiger partial charge is 0.368 e. The molecule has 0 unspecified atom stereocenters. The molecule has 1 aliphatic rings. The molecular formula is C8H13N5. The smallest absolute Gasteiger partial charge is 0.222 e. The Balaban J connectivity index is 2.50. The highest BCUT2D eigenvalue weighted by atomic mass is 15.3. The molecule has 5 N–H and O–H groups in total. The van der Waals surface area contributed by atoms with E-state index in [4.69, 9.17) is 11.6 Å². The first kappa shape index (κ1) is 8.25. The summed E-state index contributed by atoms with van der Waals surface area (Å²) < 4.78 is 0. The second kappa shape index (κ2) is 3.18. The minimum atomic E-state index is 0.300. The summed E-state index contributed by atoms with van der Waals surface area (Å²) in [6.45, 7) is 0. The van der Waals surface area contributed by atoms with E-state index >= 15 is 0 Å². The van der Waals surface area contributed by atoms with Gasteiger partial charge in [0.05, 0.1) is 5.69 Å².